The van der Waals surface area contributed by atoms with Gasteiger partial charge in [-0.2, -0.15) is 18.3 Å². The molecule has 0 aliphatic heterocycles. The number of carbonyl (C=O) groups is 1. The van der Waals surface area contributed by atoms with Crippen LogP contribution in [0.3, 0.4) is 0 Å². The molecule has 0 aliphatic rings. The third-order valence-corrected chi connectivity index (χ3v) is 4.25. The van der Waals surface area contributed by atoms with Gasteiger partial charge in [-0.05, 0) is 50.6 Å². The molecule has 3 rings (SSSR count). The molecule has 0 saturated heterocycles. The Balaban J connectivity index is 2.02. The normalized spacial score (nSPS) is 11.4. The summed E-state index contributed by atoms with van der Waals surface area (Å²) in [4.78, 5) is 24.8. The number of benzene rings is 2. The SMILES string of the molecule is Cc1ccc(OC(=O)c2nn(-c3cccc(C(F)(F)F)c3)c(C)cc2=O)c(C)c1. The Bertz CT molecular complexity index is 1150. The fourth-order valence-electron chi connectivity index (χ4n) is 2.83. The number of aromatic nitrogens is 2. The van der Waals surface area contributed by atoms with Gasteiger partial charge in [0.1, 0.15) is 5.75 Å². The molecule has 1 heterocycles. The van der Waals surface area contributed by atoms with Crippen LogP contribution in [-0.4, -0.2) is 15.7 Å². The van der Waals surface area contributed by atoms with Gasteiger partial charge in [0, 0.05) is 11.8 Å². The quantitative estimate of drug-likeness (QED) is 0.481. The van der Waals surface area contributed by atoms with Crippen molar-refractivity contribution >= 4 is 5.97 Å². The predicted octanol–water partition coefficient (Wildman–Crippen LogP) is 4.40. The molecule has 2 aromatic carbocycles. The zero-order valence-corrected chi connectivity index (χ0v) is 15.9. The van der Waals surface area contributed by atoms with Crippen molar-refractivity contribution in [1.29, 1.82) is 0 Å². The zero-order valence-electron chi connectivity index (χ0n) is 15.9. The fourth-order valence-corrected chi connectivity index (χ4v) is 2.83. The third-order valence-electron chi connectivity index (χ3n) is 4.25. The smallest absolute Gasteiger partial charge is 0.416 e. The number of hydrogen-bond acceptors (Lipinski definition) is 4. The minimum Gasteiger partial charge on any atom is -0.421 e. The first kappa shape index (κ1) is 20.3. The van der Waals surface area contributed by atoms with Gasteiger partial charge in [-0.3, -0.25) is 4.79 Å². The Hall–Kier alpha value is -3.42. The summed E-state index contributed by atoms with van der Waals surface area (Å²) >= 11 is 0. The van der Waals surface area contributed by atoms with E-state index in [0.717, 1.165) is 28.4 Å². The number of carbonyl (C=O) groups excluding carboxylic acids is 1. The second-order valence-corrected chi connectivity index (χ2v) is 6.62. The van der Waals surface area contributed by atoms with Crippen LogP contribution in [0, 0.1) is 20.8 Å². The van der Waals surface area contributed by atoms with Gasteiger partial charge < -0.3 is 4.74 Å². The van der Waals surface area contributed by atoms with Crippen LogP contribution < -0.4 is 10.2 Å². The molecule has 0 unspecified atom stereocenters. The third kappa shape index (κ3) is 4.37. The van der Waals surface area contributed by atoms with Gasteiger partial charge in [0.25, 0.3) is 0 Å². The minimum absolute atomic E-state index is 0.0675. The number of ether oxygens (including phenoxy) is 1. The molecule has 8 heteroatoms. The van der Waals surface area contributed by atoms with Crippen LogP contribution in [0.4, 0.5) is 13.2 Å². The molecular formula is C21H17F3N2O3. The molecular weight excluding hydrogens is 385 g/mol. The number of rotatable bonds is 3. The summed E-state index contributed by atoms with van der Waals surface area (Å²) in [5.41, 5.74) is -0.0515. The number of esters is 1. The monoisotopic (exact) mass is 402 g/mol. The van der Waals surface area contributed by atoms with E-state index in [1.807, 2.05) is 13.0 Å². The van der Waals surface area contributed by atoms with Crippen molar-refractivity contribution in [3.63, 3.8) is 0 Å². The highest BCUT2D eigenvalue weighted by molar-refractivity contribution is 5.89. The molecule has 29 heavy (non-hydrogen) atoms. The fraction of sp³-hybridized carbons (Fsp3) is 0.190. The highest BCUT2D eigenvalue weighted by Gasteiger charge is 2.30. The van der Waals surface area contributed by atoms with Crippen LogP contribution >= 0.6 is 0 Å². The maximum absolute atomic E-state index is 13.0. The van der Waals surface area contributed by atoms with E-state index in [2.05, 4.69) is 5.10 Å². The van der Waals surface area contributed by atoms with E-state index in [1.165, 1.54) is 19.1 Å². The first-order valence-corrected chi connectivity index (χ1v) is 8.64. The minimum atomic E-state index is -4.53. The Labute approximate surface area is 164 Å². The molecule has 0 amide bonds. The molecule has 0 radical (unpaired) electrons. The van der Waals surface area contributed by atoms with Gasteiger partial charge >= 0.3 is 12.1 Å². The lowest BCUT2D eigenvalue weighted by Crippen LogP contribution is -2.26. The zero-order chi connectivity index (χ0) is 21.3. The Kier molecular flexibility index (Phi) is 5.28. The summed E-state index contributed by atoms with van der Waals surface area (Å²) in [5.74, 6) is -0.712. The Morgan fingerprint density at radius 3 is 2.41 bits per heavy atom. The largest absolute Gasteiger partial charge is 0.421 e. The van der Waals surface area contributed by atoms with Gasteiger partial charge in [-0.15, -0.1) is 0 Å². The van der Waals surface area contributed by atoms with Crippen molar-refractivity contribution in [2.75, 3.05) is 0 Å². The van der Waals surface area contributed by atoms with Gasteiger partial charge in [0.2, 0.25) is 11.1 Å². The van der Waals surface area contributed by atoms with Gasteiger partial charge in [0.15, 0.2) is 0 Å². The molecule has 1 aromatic heterocycles. The van der Waals surface area contributed by atoms with Crippen LogP contribution in [0.1, 0.15) is 32.9 Å². The molecule has 5 nitrogen and oxygen atoms in total. The van der Waals surface area contributed by atoms with Crippen LogP contribution in [0.25, 0.3) is 5.69 Å². The summed E-state index contributed by atoms with van der Waals surface area (Å²) in [5, 5.41) is 3.97. The number of hydrogen-bond donors (Lipinski definition) is 0. The Morgan fingerprint density at radius 1 is 1.03 bits per heavy atom. The highest BCUT2D eigenvalue weighted by atomic mass is 19.4. The maximum atomic E-state index is 13.0. The van der Waals surface area contributed by atoms with E-state index >= 15 is 0 Å². The lowest BCUT2D eigenvalue weighted by Gasteiger charge is -2.13. The standard InChI is InChI=1S/C21H17F3N2O3/c1-12-7-8-18(13(2)9-12)29-20(28)19-17(27)10-14(3)26(25-19)16-6-4-5-15(11-16)21(22,23)24/h4-11H,1-3H3. The van der Waals surface area contributed by atoms with Crippen molar-refractivity contribution in [2.24, 2.45) is 0 Å². The maximum Gasteiger partial charge on any atom is 0.416 e. The summed E-state index contributed by atoms with van der Waals surface area (Å²) in [7, 11) is 0. The number of nitrogens with zero attached hydrogens (tertiary/aromatic N) is 2. The van der Waals surface area contributed by atoms with Gasteiger partial charge in [0.05, 0.1) is 11.3 Å². The van der Waals surface area contributed by atoms with Crippen LogP contribution in [0.5, 0.6) is 5.75 Å². The second-order valence-electron chi connectivity index (χ2n) is 6.62. The highest BCUT2D eigenvalue weighted by Crippen LogP contribution is 2.30. The molecule has 0 bridgehead atoms. The van der Waals surface area contributed by atoms with Crippen LogP contribution in [-0.2, 0) is 6.18 Å². The van der Waals surface area contributed by atoms with E-state index in [-0.39, 0.29) is 17.1 Å². The topological polar surface area (TPSA) is 61.2 Å². The predicted molar refractivity (Wildman–Crippen MR) is 100 cm³/mol. The van der Waals surface area contributed by atoms with E-state index in [9.17, 15) is 22.8 Å². The molecule has 0 spiro atoms. The van der Waals surface area contributed by atoms with E-state index in [1.54, 1.807) is 19.1 Å². The lowest BCUT2D eigenvalue weighted by atomic mass is 10.1. The van der Waals surface area contributed by atoms with Crippen molar-refractivity contribution < 1.29 is 22.7 Å². The van der Waals surface area contributed by atoms with Crippen molar-refractivity contribution in [1.82, 2.24) is 9.78 Å². The van der Waals surface area contributed by atoms with Gasteiger partial charge in [-0.25, -0.2) is 9.48 Å². The van der Waals surface area contributed by atoms with Crippen molar-refractivity contribution in [2.45, 2.75) is 26.9 Å². The lowest BCUT2D eigenvalue weighted by molar-refractivity contribution is -0.137. The van der Waals surface area contributed by atoms with Gasteiger partial charge in [-0.1, -0.05) is 23.8 Å². The number of alkyl halides is 3. The van der Waals surface area contributed by atoms with Crippen molar-refractivity contribution in [3.8, 4) is 11.4 Å². The second kappa shape index (κ2) is 7.54. The summed E-state index contributed by atoms with van der Waals surface area (Å²) < 4.78 is 45.4. The average molecular weight is 402 g/mol. The molecule has 0 fully saturated rings. The number of aryl methyl sites for hydroxylation is 3. The van der Waals surface area contributed by atoms with E-state index in [0.29, 0.717) is 5.56 Å². The molecule has 0 atom stereocenters. The van der Waals surface area contributed by atoms with E-state index in [4.69, 9.17) is 4.74 Å². The first-order chi connectivity index (χ1) is 13.6. The molecule has 0 saturated carbocycles. The Morgan fingerprint density at radius 2 is 1.76 bits per heavy atom. The number of halogens is 3. The van der Waals surface area contributed by atoms with E-state index < -0.39 is 28.8 Å². The average Bonchev–Trinajstić information content (AvgIpc) is 2.63. The summed E-state index contributed by atoms with van der Waals surface area (Å²) in [6, 6.07) is 10.7. The van der Waals surface area contributed by atoms with Crippen LogP contribution in [0.2, 0.25) is 0 Å². The molecule has 150 valence electrons. The summed E-state index contributed by atoms with van der Waals surface area (Å²) in [6.45, 7) is 5.14. The van der Waals surface area contributed by atoms with Crippen LogP contribution in [0.15, 0.2) is 53.3 Å². The van der Waals surface area contributed by atoms with Crippen molar-refractivity contribution in [3.05, 3.63) is 86.8 Å². The molecule has 3 aromatic rings. The summed E-state index contributed by atoms with van der Waals surface area (Å²) in [6.07, 6.45) is -4.53. The molecule has 0 aliphatic carbocycles. The molecule has 0 N–H and O–H groups in total. The first-order valence-electron chi connectivity index (χ1n) is 8.64.